The molecular weight excluding hydrogens is 164 g/mol. The summed E-state index contributed by atoms with van der Waals surface area (Å²) < 4.78 is 4.61. The minimum atomic E-state index is -0.215. The molecule has 1 aliphatic carbocycles. The van der Waals surface area contributed by atoms with Gasteiger partial charge in [0.1, 0.15) is 0 Å². The molecule has 0 aromatic carbocycles. The van der Waals surface area contributed by atoms with Crippen molar-refractivity contribution in [3.8, 4) is 0 Å². The van der Waals surface area contributed by atoms with Crippen LogP contribution in [0.2, 0.25) is 0 Å². The third-order valence-electron chi connectivity index (χ3n) is 2.58. The van der Waals surface area contributed by atoms with E-state index in [1.165, 1.54) is 25.5 Å². The molecule has 0 spiro atoms. The van der Waals surface area contributed by atoms with Crippen LogP contribution in [0.15, 0.2) is 11.6 Å². The first-order chi connectivity index (χ1) is 6.03. The summed E-state index contributed by atoms with van der Waals surface area (Å²) >= 11 is 0. The normalized spacial score (nSPS) is 24.4. The van der Waals surface area contributed by atoms with Crippen LogP contribution < -0.4 is 0 Å². The van der Waals surface area contributed by atoms with Crippen LogP contribution in [0, 0.1) is 5.41 Å². The van der Waals surface area contributed by atoms with E-state index in [4.69, 9.17) is 0 Å². The third-order valence-corrected chi connectivity index (χ3v) is 2.58. The summed E-state index contributed by atoms with van der Waals surface area (Å²) in [5.41, 5.74) is 1.60. The fourth-order valence-corrected chi connectivity index (χ4v) is 1.93. The van der Waals surface area contributed by atoms with Crippen molar-refractivity contribution in [1.82, 2.24) is 0 Å². The van der Waals surface area contributed by atoms with E-state index < -0.39 is 0 Å². The van der Waals surface area contributed by atoms with E-state index in [1.54, 1.807) is 6.08 Å². The van der Waals surface area contributed by atoms with Crippen LogP contribution in [0.3, 0.4) is 0 Å². The average molecular weight is 182 g/mol. The molecule has 0 heterocycles. The smallest absolute Gasteiger partial charge is 0.330 e. The molecule has 0 aromatic heterocycles. The summed E-state index contributed by atoms with van der Waals surface area (Å²) in [6, 6.07) is 0. The molecule has 0 atom stereocenters. The molecule has 1 fully saturated rings. The highest BCUT2D eigenvalue weighted by molar-refractivity contribution is 5.82. The van der Waals surface area contributed by atoms with Crippen LogP contribution in [0.1, 0.15) is 39.5 Å². The van der Waals surface area contributed by atoms with E-state index in [0.29, 0.717) is 5.41 Å². The Balaban J connectivity index is 2.61. The standard InChI is InChI=1S/C11H18O2/c1-11(2)6-4-5-9(8-11)7-10(12)13-3/h7H,4-6,8H2,1-3H3. The van der Waals surface area contributed by atoms with Gasteiger partial charge in [-0.1, -0.05) is 19.4 Å². The van der Waals surface area contributed by atoms with Gasteiger partial charge in [-0.05, 0) is 31.1 Å². The number of allylic oxidation sites excluding steroid dienone is 1. The Bertz CT molecular complexity index is 226. The summed E-state index contributed by atoms with van der Waals surface area (Å²) in [7, 11) is 1.42. The maximum atomic E-state index is 11.0. The third kappa shape index (κ3) is 3.21. The van der Waals surface area contributed by atoms with Crippen LogP contribution in [0.4, 0.5) is 0 Å². The van der Waals surface area contributed by atoms with Gasteiger partial charge in [0, 0.05) is 6.08 Å². The van der Waals surface area contributed by atoms with Crippen molar-refractivity contribution >= 4 is 5.97 Å². The lowest BCUT2D eigenvalue weighted by atomic mass is 9.75. The van der Waals surface area contributed by atoms with Gasteiger partial charge in [-0.3, -0.25) is 0 Å². The lowest BCUT2D eigenvalue weighted by Crippen LogP contribution is -2.17. The van der Waals surface area contributed by atoms with Gasteiger partial charge >= 0.3 is 5.97 Å². The largest absolute Gasteiger partial charge is 0.466 e. The summed E-state index contributed by atoms with van der Waals surface area (Å²) in [6.07, 6.45) is 6.18. The molecule has 0 saturated heterocycles. The SMILES string of the molecule is COC(=O)C=C1CCCC(C)(C)C1. The summed E-state index contributed by atoms with van der Waals surface area (Å²) in [5.74, 6) is -0.215. The molecule has 74 valence electrons. The van der Waals surface area contributed by atoms with Crippen LogP contribution >= 0.6 is 0 Å². The van der Waals surface area contributed by atoms with E-state index in [2.05, 4.69) is 18.6 Å². The maximum Gasteiger partial charge on any atom is 0.330 e. The fraction of sp³-hybridized carbons (Fsp3) is 0.727. The monoisotopic (exact) mass is 182 g/mol. The van der Waals surface area contributed by atoms with E-state index in [9.17, 15) is 4.79 Å². The van der Waals surface area contributed by atoms with Crippen molar-refractivity contribution in [3.05, 3.63) is 11.6 Å². The van der Waals surface area contributed by atoms with Crippen molar-refractivity contribution in [2.45, 2.75) is 39.5 Å². The molecule has 2 nitrogen and oxygen atoms in total. The van der Waals surface area contributed by atoms with Crippen molar-refractivity contribution in [2.24, 2.45) is 5.41 Å². The van der Waals surface area contributed by atoms with Crippen LogP contribution in [-0.2, 0) is 9.53 Å². The zero-order valence-electron chi connectivity index (χ0n) is 8.72. The first kappa shape index (κ1) is 10.3. The number of hydrogen-bond acceptors (Lipinski definition) is 2. The second kappa shape index (κ2) is 3.95. The van der Waals surface area contributed by atoms with Gasteiger partial charge in [-0.2, -0.15) is 0 Å². The minimum Gasteiger partial charge on any atom is -0.466 e. The van der Waals surface area contributed by atoms with Gasteiger partial charge in [0.2, 0.25) is 0 Å². The summed E-state index contributed by atoms with van der Waals surface area (Å²) in [5, 5.41) is 0. The zero-order chi connectivity index (χ0) is 9.90. The molecule has 1 saturated carbocycles. The Labute approximate surface area is 80.0 Å². The van der Waals surface area contributed by atoms with E-state index in [0.717, 1.165) is 12.8 Å². The zero-order valence-corrected chi connectivity index (χ0v) is 8.72. The van der Waals surface area contributed by atoms with Gasteiger partial charge in [0.05, 0.1) is 7.11 Å². The maximum absolute atomic E-state index is 11.0. The number of rotatable bonds is 1. The number of hydrogen-bond donors (Lipinski definition) is 0. The molecule has 1 aliphatic rings. The number of methoxy groups -OCH3 is 1. The first-order valence-electron chi connectivity index (χ1n) is 4.81. The van der Waals surface area contributed by atoms with Crippen molar-refractivity contribution in [3.63, 3.8) is 0 Å². The number of esters is 1. The molecule has 0 aliphatic heterocycles. The first-order valence-corrected chi connectivity index (χ1v) is 4.81. The lowest BCUT2D eigenvalue weighted by Gasteiger charge is -2.30. The number of ether oxygens (including phenoxy) is 1. The quantitative estimate of drug-likeness (QED) is 0.460. The second-order valence-electron chi connectivity index (χ2n) is 4.52. The van der Waals surface area contributed by atoms with Crippen LogP contribution in [0.5, 0.6) is 0 Å². The number of carbonyl (C=O) groups is 1. The van der Waals surface area contributed by atoms with Gasteiger partial charge < -0.3 is 4.74 Å². The number of carbonyl (C=O) groups excluding carboxylic acids is 1. The Morgan fingerprint density at radius 1 is 1.54 bits per heavy atom. The van der Waals surface area contributed by atoms with Gasteiger partial charge in [0.15, 0.2) is 0 Å². The minimum absolute atomic E-state index is 0.215. The highest BCUT2D eigenvalue weighted by atomic mass is 16.5. The van der Waals surface area contributed by atoms with E-state index in [-0.39, 0.29) is 5.97 Å². The second-order valence-corrected chi connectivity index (χ2v) is 4.52. The summed E-state index contributed by atoms with van der Waals surface area (Å²) in [4.78, 5) is 11.0. The summed E-state index contributed by atoms with van der Waals surface area (Å²) in [6.45, 7) is 4.49. The molecule has 0 N–H and O–H groups in total. The molecular formula is C11H18O2. The molecule has 0 bridgehead atoms. The molecule has 2 heteroatoms. The van der Waals surface area contributed by atoms with Gasteiger partial charge in [0.25, 0.3) is 0 Å². The van der Waals surface area contributed by atoms with E-state index in [1.807, 2.05) is 0 Å². The Kier molecular flexibility index (Phi) is 3.12. The van der Waals surface area contributed by atoms with Crippen molar-refractivity contribution in [2.75, 3.05) is 7.11 Å². The Hall–Kier alpha value is -0.790. The Morgan fingerprint density at radius 2 is 2.23 bits per heavy atom. The van der Waals surface area contributed by atoms with Crippen molar-refractivity contribution < 1.29 is 9.53 Å². The Morgan fingerprint density at radius 3 is 2.77 bits per heavy atom. The van der Waals surface area contributed by atoms with Gasteiger partial charge in [-0.15, -0.1) is 0 Å². The highest BCUT2D eigenvalue weighted by Gasteiger charge is 2.24. The molecule has 0 unspecified atom stereocenters. The molecule has 13 heavy (non-hydrogen) atoms. The fourth-order valence-electron chi connectivity index (χ4n) is 1.93. The van der Waals surface area contributed by atoms with E-state index >= 15 is 0 Å². The lowest BCUT2D eigenvalue weighted by molar-refractivity contribution is -0.134. The topological polar surface area (TPSA) is 26.3 Å². The molecule has 0 amide bonds. The predicted octanol–water partition coefficient (Wildman–Crippen LogP) is 2.69. The average Bonchev–Trinajstić information content (AvgIpc) is 2.02. The molecule has 0 aromatic rings. The van der Waals surface area contributed by atoms with Crippen LogP contribution in [-0.4, -0.2) is 13.1 Å². The van der Waals surface area contributed by atoms with Gasteiger partial charge in [-0.25, -0.2) is 4.79 Å². The highest BCUT2D eigenvalue weighted by Crippen LogP contribution is 2.37. The molecule has 0 radical (unpaired) electrons. The van der Waals surface area contributed by atoms with Crippen LogP contribution in [0.25, 0.3) is 0 Å². The van der Waals surface area contributed by atoms with Crippen molar-refractivity contribution in [1.29, 1.82) is 0 Å². The predicted molar refractivity (Wildman–Crippen MR) is 52.3 cm³/mol. The molecule has 1 rings (SSSR count).